The van der Waals surface area contributed by atoms with Crippen molar-refractivity contribution < 1.29 is 4.74 Å². The molecular formula is C16H23ClN2O. The summed E-state index contributed by atoms with van der Waals surface area (Å²) in [6.45, 7) is 9.65. The van der Waals surface area contributed by atoms with Crippen LogP contribution in [0, 0.1) is 0 Å². The Bertz CT molecular complexity index is 563. The second kappa shape index (κ2) is 7.11. The SMILES string of the molecule is CCNCc1cn(CCOC(C)C)c2cc(Cl)ccc12. The van der Waals surface area contributed by atoms with Crippen LogP contribution < -0.4 is 5.32 Å². The van der Waals surface area contributed by atoms with Gasteiger partial charge in [0.25, 0.3) is 0 Å². The lowest BCUT2D eigenvalue weighted by molar-refractivity contribution is 0.0733. The zero-order valence-corrected chi connectivity index (χ0v) is 13.2. The number of fused-ring (bicyclic) bond motifs is 1. The van der Waals surface area contributed by atoms with E-state index in [1.807, 2.05) is 12.1 Å². The summed E-state index contributed by atoms with van der Waals surface area (Å²) >= 11 is 6.13. The number of hydrogen-bond acceptors (Lipinski definition) is 2. The number of rotatable bonds is 7. The zero-order valence-electron chi connectivity index (χ0n) is 12.4. The van der Waals surface area contributed by atoms with Crippen LogP contribution in [-0.4, -0.2) is 23.8 Å². The van der Waals surface area contributed by atoms with E-state index in [0.29, 0.717) is 6.61 Å². The molecule has 1 aromatic carbocycles. The smallest absolute Gasteiger partial charge is 0.0649 e. The minimum absolute atomic E-state index is 0.265. The van der Waals surface area contributed by atoms with Crippen LogP contribution in [0.2, 0.25) is 5.02 Å². The van der Waals surface area contributed by atoms with Crippen molar-refractivity contribution in [2.24, 2.45) is 0 Å². The molecule has 0 saturated carbocycles. The van der Waals surface area contributed by atoms with Gasteiger partial charge in [-0.2, -0.15) is 0 Å². The lowest BCUT2D eigenvalue weighted by Gasteiger charge is -2.09. The summed E-state index contributed by atoms with van der Waals surface area (Å²) in [6.07, 6.45) is 2.47. The molecule has 1 aromatic heterocycles. The van der Waals surface area contributed by atoms with E-state index in [1.54, 1.807) is 0 Å². The van der Waals surface area contributed by atoms with Gasteiger partial charge < -0.3 is 14.6 Å². The van der Waals surface area contributed by atoms with E-state index in [9.17, 15) is 0 Å². The van der Waals surface area contributed by atoms with Crippen LogP contribution in [0.1, 0.15) is 26.3 Å². The quantitative estimate of drug-likeness (QED) is 0.840. The van der Waals surface area contributed by atoms with Crippen molar-refractivity contribution in [3.63, 3.8) is 0 Å². The number of hydrogen-bond donors (Lipinski definition) is 1. The van der Waals surface area contributed by atoms with Crippen molar-refractivity contribution in [1.29, 1.82) is 0 Å². The Morgan fingerprint density at radius 3 is 2.85 bits per heavy atom. The molecule has 4 heteroatoms. The normalized spacial score (nSPS) is 11.7. The predicted octanol–water partition coefficient (Wildman–Crippen LogP) is 3.83. The number of ether oxygens (including phenoxy) is 1. The molecule has 0 amide bonds. The first-order valence-electron chi connectivity index (χ1n) is 7.21. The van der Waals surface area contributed by atoms with Gasteiger partial charge in [-0.05, 0) is 38.1 Å². The fourth-order valence-electron chi connectivity index (χ4n) is 2.31. The number of nitrogens with zero attached hydrogens (tertiary/aromatic N) is 1. The fourth-order valence-corrected chi connectivity index (χ4v) is 2.48. The Hall–Kier alpha value is -1.03. The van der Waals surface area contributed by atoms with E-state index in [-0.39, 0.29) is 6.10 Å². The van der Waals surface area contributed by atoms with E-state index >= 15 is 0 Å². The molecule has 1 heterocycles. The van der Waals surface area contributed by atoms with Gasteiger partial charge in [0, 0.05) is 35.2 Å². The topological polar surface area (TPSA) is 26.2 Å². The van der Waals surface area contributed by atoms with Crippen molar-refractivity contribution in [3.8, 4) is 0 Å². The Labute approximate surface area is 125 Å². The molecule has 110 valence electrons. The molecule has 2 rings (SSSR count). The summed E-state index contributed by atoms with van der Waals surface area (Å²) in [4.78, 5) is 0. The summed E-state index contributed by atoms with van der Waals surface area (Å²) in [7, 11) is 0. The third-order valence-corrected chi connectivity index (χ3v) is 3.51. The van der Waals surface area contributed by atoms with Gasteiger partial charge in [-0.15, -0.1) is 0 Å². The van der Waals surface area contributed by atoms with E-state index in [0.717, 1.165) is 24.7 Å². The van der Waals surface area contributed by atoms with Crippen molar-refractivity contribution >= 4 is 22.5 Å². The van der Waals surface area contributed by atoms with Crippen molar-refractivity contribution in [3.05, 3.63) is 35.0 Å². The molecular weight excluding hydrogens is 272 g/mol. The summed E-state index contributed by atoms with van der Waals surface area (Å²) in [5.74, 6) is 0. The highest BCUT2D eigenvalue weighted by atomic mass is 35.5. The third kappa shape index (κ3) is 3.75. The molecule has 0 radical (unpaired) electrons. The molecule has 0 atom stereocenters. The molecule has 20 heavy (non-hydrogen) atoms. The van der Waals surface area contributed by atoms with E-state index < -0.39 is 0 Å². The van der Waals surface area contributed by atoms with Crippen LogP contribution in [-0.2, 0) is 17.8 Å². The first-order chi connectivity index (χ1) is 9.61. The van der Waals surface area contributed by atoms with Crippen molar-refractivity contribution in [1.82, 2.24) is 9.88 Å². The second-order valence-corrected chi connectivity index (χ2v) is 5.65. The van der Waals surface area contributed by atoms with Crippen LogP contribution in [0.5, 0.6) is 0 Å². The number of nitrogens with one attached hydrogen (secondary N) is 1. The number of halogens is 1. The maximum Gasteiger partial charge on any atom is 0.0649 e. The molecule has 0 aliphatic heterocycles. The molecule has 0 saturated heterocycles. The Balaban J connectivity index is 2.25. The number of aromatic nitrogens is 1. The molecule has 0 spiro atoms. The van der Waals surface area contributed by atoms with Crippen LogP contribution in [0.4, 0.5) is 0 Å². The lowest BCUT2D eigenvalue weighted by atomic mass is 10.2. The van der Waals surface area contributed by atoms with Crippen molar-refractivity contribution in [2.45, 2.75) is 40.0 Å². The minimum atomic E-state index is 0.265. The van der Waals surface area contributed by atoms with Gasteiger partial charge >= 0.3 is 0 Å². The second-order valence-electron chi connectivity index (χ2n) is 5.21. The Morgan fingerprint density at radius 1 is 1.35 bits per heavy atom. The summed E-state index contributed by atoms with van der Waals surface area (Å²) in [5, 5.41) is 5.42. The first-order valence-corrected chi connectivity index (χ1v) is 7.59. The highest BCUT2D eigenvalue weighted by molar-refractivity contribution is 6.31. The molecule has 0 aliphatic rings. The summed E-state index contributed by atoms with van der Waals surface area (Å²) in [6, 6.07) is 6.08. The monoisotopic (exact) mass is 294 g/mol. The van der Waals surface area contributed by atoms with Gasteiger partial charge in [0.05, 0.1) is 12.7 Å². The molecule has 0 aliphatic carbocycles. The molecule has 3 nitrogen and oxygen atoms in total. The van der Waals surface area contributed by atoms with E-state index in [1.165, 1.54) is 16.5 Å². The Kier molecular flexibility index (Phi) is 5.46. The van der Waals surface area contributed by atoms with E-state index in [4.69, 9.17) is 16.3 Å². The highest BCUT2D eigenvalue weighted by Crippen LogP contribution is 2.25. The van der Waals surface area contributed by atoms with Crippen LogP contribution in [0.15, 0.2) is 24.4 Å². The standard InChI is InChI=1S/C16H23ClN2O/c1-4-18-10-13-11-19(7-8-20-12(2)3)16-9-14(17)5-6-15(13)16/h5-6,9,11-12,18H,4,7-8,10H2,1-3H3. The van der Waals surface area contributed by atoms with Crippen LogP contribution in [0.3, 0.4) is 0 Å². The molecule has 2 aromatic rings. The van der Waals surface area contributed by atoms with Crippen LogP contribution >= 0.6 is 11.6 Å². The van der Waals surface area contributed by atoms with Gasteiger partial charge in [0.2, 0.25) is 0 Å². The maximum absolute atomic E-state index is 6.13. The molecule has 0 bridgehead atoms. The number of benzene rings is 1. The van der Waals surface area contributed by atoms with Gasteiger partial charge in [-0.3, -0.25) is 0 Å². The third-order valence-electron chi connectivity index (χ3n) is 3.28. The average Bonchev–Trinajstić information content (AvgIpc) is 2.74. The van der Waals surface area contributed by atoms with Gasteiger partial charge in [-0.25, -0.2) is 0 Å². The maximum atomic E-state index is 6.13. The van der Waals surface area contributed by atoms with Gasteiger partial charge in [0.1, 0.15) is 0 Å². The van der Waals surface area contributed by atoms with Crippen molar-refractivity contribution in [2.75, 3.05) is 13.2 Å². The minimum Gasteiger partial charge on any atom is -0.377 e. The molecule has 1 N–H and O–H groups in total. The highest BCUT2D eigenvalue weighted by Gasteiger charge is 2.09. The molecule has 0 fully saturated rings. The zero-order chi connectivity index (χ0) is 14.5. The van der Waals surface area contributed by atoms with Gasteiger partial charge in [0.15, 0.2) is 0 Å². The predicted molar refractivity (Wildman–Crippen MR) is 85.4 cm³/mol. The average molecular weight is 295 g/mol. The van der Waals surface area contributed by atoms with Gasteiger partial charge in [-0.1, -0.05) is 24.6 Å². The molecule has 0 unspecified atom stereocenters. The first kappa shape index (κ1) is 15.4. The van der Waals surface area contributed by atoms with E-state index in [2.05, 4.69) is 42.9 Å². The lowest BCUT2D eigenvalue weighted by Crippen LogP contribution is -2.12. The summed E-state index contributed by atoms with van der Waals surface area (Å²) < 4.78 is 7.88. The fraction of sp³-hybridized carbons (Fsp3) is 0.500. The largest absolute Gasteiger partial charge is 0.377 e. The summed E-state index contributed by atoms with van der Waals surface area (Å²) in [5.41, 5.74) is 2.49. The van der Waals surface area contributed by atoms with Crippen LogP contribution in [0.25, 0.3) is 10.9 Å². The Morgan fingerprint density at radius 2 is 2.15 bits per heavy atom.